The molecule has 0 radical (unpaired) electrons. The van der Waals surface area contributed by atoms with Gasteiger partial charge in [0.05, 0.1) is 6.10 Å². The zero-order valence-electron chi connectivity index (χ0n) is 10.4. The van der Waals surface area contributed by atoms with E-state index < -0.39 is 0 Å². The zero-order valence-corrected chi connectivity index (χ0v) is 10.4. The fourth-order valence-corrected chi connectivity index (χ4v) is 2.16. The van der Waals surface area contributed by atoms with E-state index in [2.05, 4.69) is 24.5 Å². The minimum absolute atomic E-state index is 0.421. The molecular formula is C12H26N2O. The molecule has 0 spiro atoms. The lowest BCUT2D eigenvalue weighted by Crippen LogP contribution is -2.36. The first kappa shape index (κ1) is 12.9. The first-order valence-corrected chi connectivity index (χ1v) is 6.27. The molecule has 0 amide bonds. The summed E-state index contributed by atoms with van der Waals surface area (Å²) in [6, 6.07) is 0.601. The van der Waals surface area contributed by atoms with Gasteiger partial charge in [-0.2, -0.15) is 0 Å². The Morgan fingerprint density at radius 2 is 2.13 bits per heavy atom. The Hall–Kier alpha value is -0.120. The second-order valence-electron chi connectivity index (χ2n) is 4.54. The molecule has 1 aliphatic rings. The lowest BCUT2D eigenvalue weighted by Gasteiger charge is -2.16. The maximum absolute atomic E-state index is 5.32. The van der Waals surface area contributed by atoms with Crippen LogP contribution in [0.3, 0.4) is 0 Å². The van der Waals surface area contributed by atoms with E-state index in [-0.39, 0.29) is 0 Å². The molecule has 3 heteroatoms. The van der Waals surface area contributed by atoms with Crippen molar-refractivity contribution in [3.63, 3.8) is 0 Å². The van der Waals surface area contributed by atoms with Crippen molar-refractivity contribution >= 4 is 0 Å². The largest absolute Gasteiger partial charge is 0.380 e. The highest BCUT2D eigenvalue weighted by Crippen LogP contribution is 2.09. The van der Waals surface area contributed by atoms with Gasteiger partial charge in [-0.15, -0.1) is 0 Å². The van der Waals surface area contributed by atoms with Crippen LogP contribution in [0.15, 0.2) is 0 Å². The predicted molar refractivity (Wildman–Crippen MR) is 64.1 cm³/mol. The molecule has 0 aromatic heterocycles. The average Bonchev–Trinajstić information content (AvgIpc) is 2.72. The van der Waals surface area contributed by atoms with Crippen LogP contribution in [0.4, 0.5) is 0 Å². The Balaban J connectivity index is 2.05. The molecule has 3 nitrogen and oxygen atoms in total. The summed E-state index contributed by atoms with van der Waals surface area (Å²) in [5.41, 5.74) is 0. The Bertz CT molecular complexity index is 160. The highest BCUT2D eigenvalue weighted by Gasteiger charge is 2.23. The third kappa shape index (κ3) is 4.49. The van der Waals surface area contributed by atoms with E-state index in [9.17, 15) is 0 Å². The van der Waals surface area contributed by atoms with Gasteiger partial charge in [-0.25, -0.2) is 0 Å². The third-order valence-electron chi connectivity index (χ3n) is 3.49. The molecule has 2 unspecified atom stereocenters. The number of hydrogen-bond acceptors (Lipinski definition) is 3. The highest BCUT2D eigenvalue weighted by atomic mass is 16.5. The summed E-state index contributed by atoms with van der Waals surface area (Å²) in [6.07, 6.45) is 4.13. The van der Waals surface area contributed by atoms with E-state index in [1.54, 1.807) is 7.11 Å². The van der Waals surface area contributed by atoms with Crippen LogP contribution in [0.25, 0.3) is 0 Å². The summed E-state index contributed by atoms with van der Waals surface area (Å²) in [4.78, 5) is 0. The van der Waals surface area contributed by atoms with Crippen LogP contribution in [-0.4, -0.2) is 38.9 Å². The first-order valence-electron chi connectivity index (χ1n) is 6.27. The van der Waals surface area contributed by atoms with E-state index >= 15 is 0 Å². The van der Waals surface area contributed by atoms with Crippen molar-refractivity contribution in [3.8, 4) is 0 Å². The molecular weight excluding hydrogens is 188 g/mol. The fraction of sp³-hybridized carbons (Fsp3) is 1.00. The monoisotopic (exact) mass is 214 g/mol. The summed E-state index contributed by atoms with van der Waals surface area (Å²) < 4.78 is 5.32. The van der Waals surface area contributed by atoms with Gasteiger partial charge in [0.1, 0.15) is 0 Å². The van der Waals surface area contributed by atoms with Crippen LogP contribution in [0, 0.1) is 5.92 Å². The molecule has 1 fully saturated rings. The molecule has 0 aromatic carbocycles. The number of nitrogens with one attached hydrogen (secondary N) is 2. The van der Waals surface area contributed by atoms with Crippen LogP contribution < -0.4 is 10.6 Å². The molecule has 1 rings (SSSR count). The van der Waals surface area contributed by atoms with Gasteiger partial charge in [0, 0.05) is 26.2 Å². The van der Waals surface area contributed by atoms with Gasteiger partial charge in [-0.3, -0.25) is 0 Å². The van der Waals surface area contributed by atoms with Crippen molar-refractivity contribution in [2.45, 2.75) is 45.3 Å². The average molecular weight is 214 g/mol. The van der Waals surface area contributed by atoms with Crippen molar-refractivity contribution in [2.24, 2.45) is 5.92 Å². The Morgan fingerprint density at radius 3 is 2.67 bits per heavy atom. The summed E-state index contributed by atoms with van der Waals surface area (Å²) in [5.74, 6) is 0.838. The first-order chi connectivity index (χ1) is 7.30. The van der Waals surface area contributed by atoms with Gasteiger partial charge < -0.3 is 15.4 Å². The van der Waals surface area contributed by atoms with Gasteiger partial charge in [0.15, 0.2) is 0 Å². The van der Waals surface area contributed by atoms with E-state index in [0.29, 0.717) is 12.1 Å². The summed E-state index contributed by atoms with van der Waals surface area (Å²) in [5, 5.41) is 7.04. The minimum atomic E-state index is 0.421. The minimum Gasteiger partial charge on any atom is -0.380 e. The van der Waals surface area contributed by atoms with Crippen molar-refractivity contribution in [3.05, 3.63) is 0 Å². The normalized spacial score (nSPS) is 26.4. The lowest BCUT2D eigenvalue weighted by molar-refractivity contribution is 0.117. The summed E-state index contributed by atoms with van der Waals surface area (Å²) in [7, 11) is 1.80. The van der Waals surface area contributed by atoms with E-state index in [4.69, 9.17) is 4.74 Å². The molecule has 1 saturated heterocycles. The van der Waals surface area contributed by atoms with Crippen LogP contribution in [0.5, 0.6) is 0 Å². The van der Waals surface area contributed by atoms with Gasteiger partial charge in [-0.1, -0.05) is 26.7 Å². The van der Waals surface area contributed by atoms with E-state index in [1.807, 2.05) is 0 Å². The van der Waals surface area contributed by atoms with Gasteiger partial charge in [0.2, 0.25) is 0 Å². The molecule has 0 bridgehead atoms. The van der Waals surface area contributed by atoms with Crippen molar-refractivity contribution in [1.82, 2.24) is 10.6 Å². The van der Waals surface area contributed by atoms with Crippen molar-refractivity contribution in [1.29, 1.82) is 0 Å². The van der Waals surface area contributed by atoms with Gasteiger partial charge in [-0.05, 0) is 18.9 Å². The molecule has 0 saturated carbocycles. The standard InChI is InChI=1S/C12H26N2O/c1-4-10(5-2)7-13-8-11-6-12(15-3)9-14-11/h10-14H,4-9H2,1-3H3. The molecule has 1 aliphatic heterocycles. The molecule has 0 aliphatic carbocycles. The van der Waals surface area contributed by atoms with Crippen LogP contribution in [-0.2, 0) is 4.74 Å². The van der Waals surface area contributed by atoms with E-state index in [0.717, 1.165) is 32.0 Å². The summed E-state index contributed by atoms with van der Waals surface area (Å²) >= 11 is 0. The van der Waals surface area contributed by atoms with Gasteiger partial charge in [0.25, 0.3) is 0 Å². The summed E-state index contributed by atoms with van der Waals surface area (Å²) in [6.45, 7) is 7.78. The number of ether oxygens (including phenoxy) is 1. The van der Waals surface area contributed by atoms with Crippen LogP contribution in [0.1, 0.15) is 33.1 Å². The molecule has 90 valence electrons. The third-order valence-corrected chi connectivity index (χ3v) is 3.49. The second-order valence-corrected chi connectivity index (χ2v) is 4.54. The fourth-order valence-electron chi connectivity index (χ4n) is 2.16. The topological polar surface area (TPSA) is 33.3 Å². The maximum atomic E-state index is 5.32. The molecule has 2 N–H and O–H groups in total. The van der Waals surface area contributed by atoms with Crippen molar-refractivity contribution in [2.75, 3.05) is 26.7 Å². The van der Waals surface area contributed by atoms with Crippen LogP contribution in [0.2, 0.25) is 0 Å². The second kappa shape index (κ2) is 7.20. The van der Waals surface area contributed by atoms with Crippen LogP contribution >= 0.6 is 0 Å². The quantitative estimate of drug-likeness (QED) is 0.672. The maximum Gasteiger partial charge on any atom is 0.0711 e. The number of methoxy groups -OCH3 is 1. The molecule has 15 heavy (non-hydrogen) atoms. The molecule has 0 aromatic rings. The number of rotatable bonds is 7. The van der Waals surface area contributed by atoms with Gasteiger partial charge >= 0.3 is 0 Å². The molecule has 2 atom stereocenters. The lowest BCUT2D eigenvalue weighted by atomic mass is 10.0. The smallest absolute Gasteiger partial charge is 0.0711 e. The van der Waals surface area contributed by atoms with Crippen molar-refractivity contribution < 1.29 is 4.74 Å². The van der Waals surface area contributed by atoms with E-state index in [1.165, 1.54) is 12.8 Å². The highest BCUT2D eigenvalue weighted by molar-refractivity contribution is 4.83. The SMILES string of the molecule is CCC(CC)CNCC1CC(OC)CN1. The molecule has 1 heterocycles. The Kier molecular flexibility index (Phi) is 6.22. The predicted octanol–water partition coefficient (Wildman–Crippen LogP) is 1.39. The number of hydrogen-bond donors (Lipinski definition) is 2. The Morgan fingerprint density at radius 1 is 1.40 bits per heavy atom. The zero-order chi connectivity index (χ0) is 11.1. The Labute approximate surface area is 94.0 Å².